The molecule has 92 valence electrons. The Balaban J connectivity index is 2.05. The Morgan fingerprint density at radius 1 is 1.59 bits per heavy atom. The Hall–Kier alpha value is -1.23. The van der Waals surface area contributed by atoms with Gasteiger partial charge in [0, 0.05) is 26.0 Å². The van der Waals surface area contributed by atoms with Gasteiger partial charge in [-0.15, -0.1) is 0 Å². The summed E-state index contributed by atoms with van der Waals surface area (Å²) in [4.78, 5) is 17.9. The third-order valence-corrected chi connectivity index (χ3v) is 3.73. The molecule has 0 amide bonds. The summed E-state index contributed by atoms with van der Waals surface area (Å²) >= 11 is 1.83. The smallest absolute Gasteiger partial charge is 0.338 e. The number of carbonyl (C=O) groups is 1. The number of carbonyl (C=O) groups excluding carboxylic acids is 1. The van der Waals surface area contributed by atoms with E-state index in [1.54, 1.807) is 18.3 Å². The molecule has 17 heavy (non-hydrogen) atoms. The van der Waals surface area contributed by atoms with Gasteiger partial charge in [-0.05, 0) is 24.3 Å². The van der Waals surface area contributed by atoms with Gasteiger partial charge in [0.25, 0.3) is 0 Å². The van der Waals surface area contributed by atoms with Gasteiger partial charge >= 0.3 is 5.97 Å². The van der Waals surface area contributed by atoms with Crippen LogP contribution in [0.4, 0.5) is 5.82 Å². The maximum absolute atomic E-state index is 11.9. The molecular formula is C12H16N2O2S. The zero-order chi connectivity index (χ0) is 12.3. The molecule has 0 radical (unpaired) electrons. The fourth-order valence-corrected chi connectivity index (χ4v) is 2.71. The predicted molar refractivity (Wildman–Crippen MR) is 69.7 cm³/mol. The summed E-state index contributed by atoms with van der Waals surface area (Å²) in [6.45, 7) is 0. The van der Waals surface area contributed by atoms with Crippen molar-refractivity contribution in [3.63, 3.8) is 0 Å². The van der Waals surface area contributed by atoms with E-state index in [9.17, 15) is 4.79 Å². The molecule has 1 atom stereocenters. The van der Waals surface area contributed by atoms with Gasteiger partial charge in [-0.2, -0.15) is 11.8 Å². The van der Waals surface area contributed by atoms with Gasteiger partial charge in [-0.3, -0.25) is 0 Å². The zero-order valence-corrected chi connectivity index (χ0v) is 10.9. The van der Waals surface area contributed by atoms with Crippen LogP contribution in [0.3, 0.4) is 0 Å². The number of esters is 1. The predicted octanol–water partition coefficient (Wildman–Crippen LogP) is 1.81. The Labute approximate surface area is 105 Å². The van der Waals surface area contributed by atoms with Crippen LogP contribution in [0.15, 0.2) is 18.3 Å². The monoisotopic (exact) mass is 252 g/mol. The lowest BCUT2D eigenvalue weighted by atomic mass is 10.2. The molecule has 1 fully saturated rings. The quantitative estimate of drug-likeness (QED) is 0.768. The van der Waals surface area contributed by atoms with Crippen LogP contribution in [0.1, 0.15) is 16.8 Å². The minimum absolute atomic E-state index is 0.0727. The normalized spacial score (nSPS) is 19.1. The third kappa shape index (κ3) is 3.12. The fourth-order valence-electron chi connectivity index (χ4n) is 1.62. The van der Waals surface area contributed by atoms with Crippen LogP contribution < -0.4 is 4.90 Å². The highest BCUT2D eigenvalue weighted by atomic mass is 32.2. The highest BCUT2D eigenvalue weighted by Crippen LogP contribution is 2.21. The molecule has 0 N–H and O–H groups in total. The Morgan fingerprint density at radius 3 is 3.06 bits per heavy atom. The lowest BCUT2D eigenvalue weighted by Gasteiger charge is -2.13. The summed E-state index contributed by atoms with van der Waals surface area (Å²) in [5.41, 5.74) is 0.570. The zero-order valence-electron chi connectivity index (χ0n) is 10.0. The van der Waals surface area contributed by atoms with Crippen molar-refractivity contribution in [1.82, 2.24) is 4.98 Å². The second kappa shape index (κ2) is 5.40. The second-order valence-corrected chi connectivity index (χ2v) is 5.34. The fraction of sp³-hybridized carbons (Fsp3) is 0.500. The number of anilines is 1. The van der Waals surface area contributed by atoms with Crippen molar-refractivity contribution in [2.75, 3.05) is 30.5 Å². The molecule has 0 unspecified atom stereocenters. The minimum Gasteiger partial charge on any atom is -0.458 e. The molecule has 0 spiro atoms. The molecule has 0 saturated carbocycles. The van der Waals surface area contributed by atoms with E-state index in [0.29, 0.717) is 5.56 Å². The average molecular weight is 252 g/mol. The number of thioether (sulfide) groups is 1. The summed E-state index contributed by atoms with van der Waals surface area (Å²) in [7, 11) is 3.79. The molecule has 2 rings (SSSR count). The SMILES string of the molecule is CN(C)c1cc(C(=O)O[C@@H]2CCSC2)ccn1. The van der Waals surface area contributed by atoms with E-state index >= 15 is 0 Å². The number of aromatic nitrogens is 1. The van der Waals surface area contributed by atoms with Gasteiger partial charge in [0.2, 0.25) is 0 Å². The van der Waals surface area contributed by atoms with Crippen molar-refractivity contribution < 1.29 is 9.53 Å². The van der Waals surface area contributed by atoms with Gasteiger partial charge in [0.05, 0.1) is 5.56 Å². The van der Waals surface area contributed by atoms with Gasteiger partial charge in [-0.25, -0.2) is 9.78 Å². The van der Waals surface area contributed by atoms with Crippen molar-refractivity contribution in [2.24, 2.45) is 0 Å². The van der Waals surface area contributed by atoms with E-state index in [1.807, 2.05) is 30.8 Å². The minimum atomic E-state index is -0.247. The first-order valence-electron chi connectivity index (χ1n) is 5.59. The standard InChI is InChI=1S/C12H16N2O2S/c1-14(2)11-7-9(3-5-13-11)12(15)16-10-4-6-17-8-10/h3,5,7,10H,4,6,8H2,1-2H3/t10-/m1/s1. The van der Waals surface area contributed by atoms with E-state index in [-0.39, 0.29) is 12.1 Å². The van der Waals surface area contributed by atoms with Gasteiger partial charge < -0.3 is 9.64 Å². The van der Waals surface area contributed by atoms with Gasteiger partial charge in [-0.1, -0.05) is 0 Å². The molecule has 1 saturated heterocycles. The van der Waals surface area contributed by atoms with Crippen LogP contribution in [-0.4, -0.2) is 42.7 Å². The van der Waals surface area contributed by atoms with Gasteiger partial charge in [0.15, 0.2) is 0 Å². The number of hydrogen-bond donors (Lipinski definition) is 0. The Bertz CT molecular complexity index is 403. The lowest BCUT2D eigenvalue weighted by Crippen LogP contribution is -2.18. The molecule has 1 aromatic heterocycles. The summed E-state index contributed by atoms with van der Waals surface area (Å²) < 4.78 is 5.43. The van der Waals surface area contributed by atoms with Gasteiger partial charge in [0.1, 0.15) is 11.9 Å². The lowest BCUT2D eigenvalue weighted by molar-refractivity contribution is 0.0357. The molecule has 0 aromatic carbocycles. The summed E-state index contributed by atoms with van der Waals surface area (Å²) in [6, 6.07) is 3.45. The number of ether oxygens (including phenoxy) is 1. The van der Waals surface area contributed by atoms with E-state index < -0.39 is 0 Å². The third-order valence-electron chi connectivity index (χ3n) is 2.60. The maximum atomic E-state index is 11.9. The first-order chi connectivity index (χ1) is 8.16. The van der Waals surface area contributed by atoms with Crippen molar-refractivity contribution in [1.29, 1.82) is 0 Å². The largest absolute Gasteiger partial charge is 0.458 e. The molecule has 0 bridgehead atoms. The van der Waals surface area contributed by atoms with Crippen molar-refractivity contribution >= 4 is 23.5 Å². The average Bonchev–Trinajstić information content (AvgIpc) is 2.82. The maximum Gasteiger partial charge on any atom is 0.338 e. The Kier molecular flexibility index (Phi) is 3.89. The number of nitrogens with zero attached hydrogens (tertiary/aromatic N) is 2. The van der Waals surface area contributed by atoms with Crippen LogP contribution >= 0.6 is 11.8 Å². The molecule has 4 nitrogen and oxygen atoms in total. The van der Waals surface area contributed by atoms with E-state index in [0.717, 1.165) is 23.7 Å². The van der Waals surface area contributed by atoms with Crippen molar-refractivity contribution in [2.45, 2.75) is 12.5 Å². The Morgan fingerprint density at radius 2 is 2.41 bits per heavy atom. The molecular weight excluding hydrogens is 236 g/mol. The van der Waals surface area contributed by atoms with E-state index in [4.69, 9.17) is 4.74 Å². The molecule has 2 heterocycles. The van der Waals surface area contributed by atoms with Crippen LogP contribution in [0.5, 0.6) is 0 Å². The highest BCUT2D eigenvalue weighted by Gasteiger charge is 2.20. The molecule has 0 aliphatic carbocycles. The molecule has 1 aromatic rings. The summed E-state index contributed by atoms with van der Waals surface area (Å²) in [5, 5.41) is 0. The number of hydrogen-bond acceptors (Lipinski definition) is 5. The van der Waals surface area contributed by atoms with Crippen LogP contribution in [0, 0.1) is 0 Å². The molecule has 5 heteroatoms. The van der Waals surface area contributed by atoms with Crippen molar-refractivity contribution in [3.8, 4) is 0 Å². The van der Waals surface area contributed by atoms with Crippen LogP contribution in [0.2, 0.25) is 0 Å². The van der Waals surface area contributed by atoms with Crippen molar-refractivity contribution in [3.05, 3.63) is 23.9 Å². The summed E-state index contributed by atoms with van der Waals surface area (Å²) in [5.74, 6) is 2.51. The molecule has 1 aliphatic rings. The number of pyridine rings is 1. The van der Waals surface area contributed by atoms with E-state index in [1.165, 1.54) is 0 Å². The summed E-state index contributed by atoms with van der Waals surface area (Å²) in [6.07, 6.45) is 2.67. The molecule has 1 aliphatic heterocycles. The van der Waals surface area contributed by atoms with Crippen LogP contribution in [0.25, 0.3) is 0 Å². The first-order valence-corrected chi connectivity index (χ1v) is 6.74. The topological polar surface area (TPSA) is 42.4 Å². The highest BCUT2D eigenvalue weighted by molar-refractivity contribution is 7.99. The van der Waals surface area contributed by atoms with E-state index in [2.05, 4.69) is 4.98 Å². The number of rotatable bonds is 3. The second-order valence-electron chi connectivity index (χ2n) is 4.19. The first kappa shape index (κ1) is 12.2. The van der Waals surface area contributed by atoms with Crippen LogP contribution in [-0.2, 0) is 4.74 Å².